The molecule has 0 saturated heterocycles. The van der Waals surface area contributed by atoms with E-state index in [-0.39, 0.29) is 6.03 Å². The Hall–Kier alpha value is -3.48. The molecule has 2 N–H and O–H groups in total. The van der Waals surface area contributed by atoms with Gasteiger partial charge in [0.05, 0.1) is 13.7 Å². The van der Waals surface area contributed by atoms with Gasteiger partial charge in [-0.15, -0.1) is 0 Å². The zero-order valence-electron chi connectivity index (χ0n) is 16.2. The maximum absolute atomic E-state index is 12.6. The van der Waals surface area contributed by atoms with Crippen LogP contribution >= 0.6 is 0 Å². The molecule has 1 aromatic heterocycles. The number of urea groups is 1. The summed E-state index contributed by atoms with van der Waals surface area (Å²) in [6, 6.07) is 14.0. The first-order chi connectivity index (χ1) is 13.6. The largest absolute Gasteiger partial charge is 0.497 e. The summed E-state index contributed by atoms with van der Waals surface area (Å²) in [4.78, 5) is 17.0. The second-order valence-corrected chi connectivity index (χ2v) is 6.16. The maximum atomic E-state index is 12.6. The van der Waals surface area contributed by atoms with Gasteiger partial charge >= 0.3 is 6.03 Å². The lowest BCUT2D eigenvalue weighted by atomic mass is 10.1. The Balaban J connectivity index is 1.79. The van der Waals surface area contributed by atoms with Gasteiger partial charge in [0, 0.05) is 25.1 Å². The summed E-state index contributed by atoms with van der Waals surface area (Å²) < 4.78 is 12.6. The summed E-state index contributed by atoms with van der Waals surface area (Å²) >= 11 is 0. The molecule has 0 aliphatic carbocycles. The molecule has 28 heavy (non-hydrogen) atoms. The van der Waals surface area contributed by atoms with E-state index in [1.165, 1.54) is 0 Å². The van der Waals surface area contributed by atoms with Gasteiger partial charge in [-0.3, -0.25) is 0 Å². The Morgan fingerprint density at radius 3 is 2.61 bits per heavy atom. The van der Waals surface area contributed by atoms with E-state index in [4.69, 9.17) is 9.47 Å². The van der Waals surface area contributed by atoms with E-state index in [0.717, 1.165) is 17.1 Å². The van der Waals surface area contributed by atoms with Crippen LogP contribution < -0.4 is 20.1 Å². The Labute approximate surface area is 164 Å². The quantitative estimate of drug-likeness (QED) is 0.655. The molecule has 1 atom stereocenters. The lowest BCUT2D eigenvalue weighted by molar-refractivity contribution is 0.249. The highest BCUT2D eigenvalue weighted by Gasteiger charge is 2.21. The lowest BCUT2D eigenvalue weighted by Gasteiger charge is -2.20. The number of aryl methyl sites for hydroxylation is 1. The highest BCUT2D eigenvalue weighted by Crippen LogP contribution is 2.24. The van der Waals surface area contributed by atoms with Crippen molar-refractivity contribution in [3.05, 3.63) is 72.3 Å². The third-order valence-electron chi connectivity index (χ3n) is 4.24. The number of nitrogens with one attached hydrogen (secondary N) is 2. The number of hydrogen-bond donors (Lipinski definition) is 2. The summed E-state index contributed by atoms with van der Waals surface area (Å²) in [5.41, 5.74) is 1.54. The van der Waals surface area contributed by atoms with Crippen LogP contribution in [0.4, 0.5) is 10.5 Å². The van der Waals surface area contributed by atoms with E-state index < -0.39 is 6.04 Å². The Kier molecular flexibility index (Phi) is 6.16. The molecule has 0 fully saturated rings. The van der Waals surface area contributed by atoms with Crippen LogP contribution in [0.25, 0.3) is 0 Å². The smallest absolute Gasteiger partial charge is 0.320 e. The fourth-order valence-corrected chi connectivity index (χ4v) is 2.87. The monoisotopic (exact) mass is 380 g/mol. The van der Waals surface area contributed by atoms with Crippen molar-refractivity contribution in [1.29, 1.82) is 0 Å². The molecule has 1 heterocycles. The summed E-state index contributed by atoms with van der Waals surface area (Å²) in [5, 5.41) is 5.84. The fourth-order valence-electron chi connectivity index (χ4n) is 2.87. The van der Waals surface area contributed by atoms with Gasteiger partial charge < -0.3 is 24.7 Å². The van der Waals surface area contributed by atoms with Gasteiger partial charge in [0.25, 0.3) is 0 Å². The van der Waals surface area contributed by atoms with Crippen LogP contribution in [0.3, 0.4) is 0 Å². The molecule has 0 bridgehead atoms. The highest BCUT2D eigenvalue weighted by molar-refractivity contribution is 5.89. The van der Waals surface area contributed by atoms with Crippen molar-refractivity contribution in [3.63, 3.8) is 0 Å². The van der Waals surface area contributed by atoms with E-state index in [9.17, 15) is 4.79 Å². The number of methoxy groups -OCH3 is 1. The van der Waals surface area contributed by atoms with Gasteiger partial charge in [0.1, 0.15) is 23.4 Å². The topological polar surface area (TPSA) is 77.4 Å². The van der Waals surface area contributed by atoms with Gasteiger partial charge in [-0.05, 0) is 48.9 Å². The number of rotatable bonds is 7. The number of nitrogens with zero attached hydrogens (tertiary/aromatic N) is 2. The SMILES string of the molecule is CCOc1ccc(NC(=O)NC(c2cccc(OC)c2)c2nccn2C)cc1. The molecule has 2 amide bonds. The average Bonchev–Trinajstić information content (AvgIpc) is 3.13. The number of ether oxygens (including phenoxy) is 2. The number of carbonyl (C=O) groups is 1. The normalized spacial score (nSPS) is 11.5. The third-order valence-corrected chi connectivity index (χ3v) is 4.24. The third kappa shape index (κ3) is 4.62. The summed E-state index contributed by atoms with van der Waals surface area (Å²) in [6.45, 7) is 2.52. The van der Waals surface area contributed by atoms with Crippen LogP contribution in [-0.4, -0.2) is 29.3 Å². The average molecular weight is 380 g/mol. The van der Waals surface area contributed by atoms with Gasteiger partial charge in [-0.1, -0.05) is 12.1 Å². The maximum Gasteiger partial charge on any atom is 0.320 e. The first-order valence-corrected chi connectivity index (χ1v) is 9.02. The van der Waals surface area contributed by atoms with Crippen molar-refractivity contribution in [3.8, 4) is 11.5 Å². The van der Waals surface area contributed by atoms with Crippen LogP contribution in [0.1, 0.15) is 24.4 Å². The van der Waals surface area contributed by atoms with Crippen LogP contribution in [0.15, 0.2) is 60.9 Å². The summed E-state index contributed by atoms with van der Waals surface area (Å²) in [5.74, 6) is 2.19. The zero-order valence-corrected chi connectivity index (χ0v) is 16.2. The molecule has 7 nitrogen and oxygen atoms in total. The summed E-state index contributed by atoms with van der Waals surface area (Å²) in [6.07, 6.45) is 3.54. The number of imidazole rings is 1. The first kappa shape index (κ1) is 19.3. The van der Waals surface area contributed by atoms with E-state index in [1.54, 1.807) is 25.4 Å². The van der Waals surface area contributed by atoms with Gasteiger partial charge in [-0.2, -0.15) is 0 Å². The minimum absolute atomic E-state index is 0.333. The standard InChI is InChI=1S/C21H24N4O3/c1-4-28-17-10-8-16(9-11-17)23-21(26)24-19(20-22-12-13-25(20)2)15-6-5-7-18(14-15)27-3/h5-14,19H,4H2,1-3H3,(H2,23,24,26). The number of amides is 2. The number of hydrogen-bond acceptors (Lipinski definition) is 4. The predicted octanol–water partition coefficient (Wildman–Crippen LogP) is 3.74. The predicted molar refractivity (Wildman–Crippen MR) is 108 cm³/mol. The Bertz CT molecular complexity index is 921. The van der Waals surface area contributed by atoms with Crippen molar-refractivity contribution in [1.82, 2.24) is 14.9 Å². The van der Waals surface area contributed by atoms with Crippen LogP contribution in [0.5, 0.6) is 11.5 Å². The molecular formula is C21H24N4O3. The van der Waals surface area contributed by atoms with Crippen LogP contribution in [0, 0.1) is 0 Å². The van der Waals surface area contributed by atoms with E-state index in [0.29, 0.717) is 18.0 Å². The second-order valence-electron chi connectivity index (χ2n) is 6.16. The molecule has 7 heteroatoms. The molecule has 0 saturated carbocycles. The Morgan fingerprint density at radius 1 is 1.18 bits per heavy atom. The van der Waals surface area contributed by atoms with Crippen LogP contribution in [-0.2, 0) is 7.05 Å². The molecule has 3 rings (SSSR count). The van der Waals surface area contributed by atoms with E-state index in [1.807, 2.05) is 61.1 Å². The molecule has 2 aromatic carbocycles. The number of aromatic nitrogens is 2. The van der Waals surface area contributed by atoms with Crippen molar-refractivity contribution in [2.75, 3.05) is 19.0 Å². The highest BCUT2D eigenvalue weighted by atomic mass is 16.5. The molecule has 1 unspecified atom stereocenters. The van der Waals surface area contributed by atoms with Gasteiger partial charge in [-0.25, -0.2) is 9.78 Å². The molecular weight excluding hydrogens is 356 g/mol. The molecule has 0 aliphatic rings. The lowest BCUT2D eigenvalue weighted by Crippen LogP contribution is -2.34. The molecule has 0 aliphatic heterocycles. The minimum Gasteiger partial charge on any atom is -0.497 e. The first-order valence-electron chi connectivity index (χ1n) is 9.02. The molecule has 0 radical (unpaired) electrons. The number of anilines is 1. The van der Waals surface area contributed by atoms with Crippen molar-refractivity contribution in [2.45, 2.75) is 13.0 Å². The number of benzene rings is 2. The van der Waals surface area contributed by atoms with Crippen LogP contribution in [0.2, 0.25) is 0 Å². The molecule has 0 spiro atoms. The van der Waals surface area contributed by atoms with Gasteiger partial charge in [0.2, 0.25) is 0 Å². The van der Waals surface area contributed by atoms with E-state index in [2.05, 4.69) is 15.6 Å². The molecule has 146 valence electrons. The summed E-state index contributed by atoms with van der Waals surface area (Å²) in [7, 11) is 3.50. The van der Waals surface area contributed by atoms with Gasteiger partial charge in [0.15, 0.2) is 0 Å². The minimum atomic E-state index is -0.433. The number of carbonyl (C=O) groups excluding carboxylic acids is 1. The fraction of sp³-hybridized carbons (Fsp3) is 0.238. The van der Waals surface area contributed by atoms with E-state index >= 15 is 0 Å². The van der Waals surface area contributed by atoms with Crippen molar-refractivity contribution >= 4 is 11.7 Å². The second kappa shape index (κ2) is 8.94. The Morgan fingerprint density at radius 2 is 1.96 bits per heavy atom. The van der Waals surface area contributed by atoms with Crippen molar-refractivity contribution < 1.29 is 14.3 Å². The zero-order chi connectivity index (χ0) is 19.9. The van der Waals surface area contributed by atoms with Crippen molar-refractivity contribution in [2.24, 2.45) is 7.05 Å². The molecule has 3 aromatic rings.